The van der Waals surface area contributed by atoms with Crippen molar-refractivity contribution in [2.45, 2.75) is 46.0 Å². The van der Waals surface area contributed by atoms with Crippen molar-refractivity contribution >= 4 is 6.09 Å². The molecule has 33 heavy (non-hydrogen) atoms. The molecule has 0 saturated carbocycles. The molecule has 0 aliphatic carbocycles. The van der Waals surface area contributed by atoms with E-state index in [0.29, 0.717) is 28.3 Å². The molecule has 0 radical (unpaired) electrons. The molecular weight excluding hydrogens is 420 g/mol. The summed E-state index contributed by atoms with van der Waals surface area (Å²) in [6, 6.07) is 18.7. The summed E-state index contributed by atoms with van der Waals surface area (Å²) in [7, 11) is 0. The van der Waals surface area contributed by atoms with Gasteiger partial charge in [0.05, 0.1) is 29.7 Å². The van der Waals surface area contributed by atoms with E-state index in [9.17, 15) is 15.2 Å². The Morgan fingerprint density at radius 1 is 1.18 bits per heavy atom. The molecule has 8 heteroatoms. The van der Waals surface area contributed by atoms with Gasteiger partial charge in [0, 0.05) is 0 Å². The van der Waals surface area contributed by atoms with E-state index < -0.39 is 17.8 Å². The van der Waals surface area contributed by atoms with Gasteiger partial charge >= 0.3 is 6.09 Å². The van der Waals surface area contributed by atoms with E-state index in [4.69, 9.17) is 9.47 Å². The number of carbonyl (C=O) groups excluding carboxylic acids is 1. The van der Waals surface area contributed by atoms with Crippen molar-refractivity contribution in [2.75, 3.05) is 6.54 Å². The molecule has 1 heterocycles. The molecule has 0 aliphatic heterocycles. The second-order valence-electron chi connectivity index (χ2n) is 8.52. The van der Waals surface area contributed by atoms with E-state index in [0.717, 1.165) is 5.69 Å². The van der Waals surface area contributed by atoms with Crippen molar-refractivity contribution in [3.8, 4) is 17.5 Å². The number of amides is 1. The number of nitriles is 1. The van der Waals surface area contributed by atoms with Crippen molar-refractivity contribution < 1.29 is 19.4 Å². The highest BCUT2D eigenvalue weighted by atomic mass is 16.6. The number of hydrogen-bond donors (Lipinski definition) is 2. The molecule has 1 unspecified atom stereocenters. The van der Waals surface area contributed by atoms with Crippen molar-refractivity contribution in [2.24, 2.45) is 0 Å². The van der Waals surface area contributed by atoms with Gasteiger partial charge in [0.15, 0.2) is 0 Å². The fraction of sp³-hybridized carbons (Fsp3) is 0.320. The number of aliphatic hydroxyl groups excluding tert-OH is 1. The van der Waals surface area contributed by atoms with E-state index in [1.54, 1.807) is 56.6 Å². The lowest BCUT2D eigenvalue weighted by molar-refractivity contribution is 0.0491. The molecule has 3 rings (SSSR count). The van der Waals surface area contributed by atoms with Crippen LogP contribution in [0.4, 0.5) is 4.79 Å². The molecule has 2 N–H and O–H groups in total. The number of aromatic nitrogens is 2. The maximum Gasteiger partial charge on any atom is 0.407 e. The maximum absolute atomic E-state index is 11.8. The highest BCUT2D eigenvalue weighted by Crippen LogP contribution is 2.22. The lowest BCUT2D eigenvalue weighted by atomic mass is 10.1. The van der Waals surface area contributed by atoms with E-state index in [1.807, 2.05) is 30.3 Å². The Bertz CT molecular complexity index is 1130. The number of aryl methyl sites for hydroxylation is 1. The van der Waals surface area contributed by atoms with Crippen LogP contribution in [0, 0.1) is 18.3 Å². The molecule has 1 amide bonds. The average Bonchev–Trinajstić information content (AvgIpc) is 3.11. The predicted octanol–water partition coefficient (Wildman–Crippen LogP) is 4.19. The first kappa shape index (κ1) is 23.8. The standard InChI is InChI=1S/C25H28N4O4/c1-17-21(14-26)22(29(28-17)19-8-6-5-7-9-19)16-32-20-12-10-18(11-13-20)23(30)15-27-24(31)33-25(2,3)4/h5-13,23,30H,15-16H2,1-4H3,(H,27,31). The Morgan fingerprint density at radius 3 is 2.45 bits per heavy atom. The molecular formula is C25H28N4O4. The van der Waals surface area contributed by atoms with Crippen LogP contribution in [0.2, 0.25) is 0 Å². The minimum absolute atomic E-state index is 0.0240. The Balaban J connectivity index is 1.65. The van der Waals surface area contributed by atoms with Crippen molar-refractivity contribution in [1.29, 1.82) is 5.26 Å². The fourth-order valence-electron chi connectivity index (χ4n) is 3.19. The van der Waals surface area contributed by atoms with Crippen LogP contribution >= 0.6 is 0 Å². The lowest BCUT2D eigenvalue weighted by Crippen LogP contribution is -2.34. The number of alkyl carbamates (subject to hydrolysis) is 1. The smallest absolute Gasteiger partial charge is 0.407 e. The van der Waals surface area contributed by atoms with Crippen LogP contribution in [0.5, 0.6) is 5.75 Å². The number of rotatable bonds is 7. The molecule has 3 aromatic rings. The number of carbonyl (C=O) groups is 1. The second kappa shape index (κ2) is 10.2. The number of nitrogens with zero attached hydrogens (tertiary/aromatic N) is 3. The van der Waals surface area contributed by atoms with Crippen LogP contribution in [0.25, 0.3) is 5.69 Å². The van der Waals surface area contributed by atoms with Crippen LogP contribution in [0.3, 0.4) is 0 Å². The molecule has 172 valence electrons. The third-order valence-electron chi connectivity index (χ3n) is 4.75. The zero-order chi connectivity index (χ0) is 24.0. The summed E-state index contributed by atoms with van der Waals surface area (Å²) in [4.78, 5) is 11.8. The Labute approximate surface area is 193 Å². The molecule has 0 bridgehead atoms. The topological polar surface area (TPSA) is 109 Å². The fourth-order valence-corrected chi connectivity index (χ4v) is 3.19. The van der Waals surface area contributed by atoms with Gasteiger partial charge in [-0.15, -0.1) is 0 Å². The van der Waals surface area contributed by atoms with Crippen LogP contribution < -0.4 is 10.1 Å². The second-order valence-corrected chi connectivity index (χ2v) is 8.52. The summed E-state index contributed by atoms with van der Waals surface area (Å²) in [6.07, 6.45) is -1.47. The minimum atomic E-state index is -0.890. The number of benzene rings is 2. The molecule has 0 saturated heterocycles. The monoisotopic (exact) mass is 448 g/mol. The van der Waals surface area contributed by atoms with Gasteiger partial charge in [-0.3, -0.25) is 0 Å². The summed E-state index contributed by atoms with van der Waals surface area (Å²) in [5, 5.41) is 27.0. The molecule has 0 spiro atoms. The van der Waals surface area contributed by atoms with Gasteiger partial charge in [-0.25, -0.2) is 9.48 Å². The first-order chi connectivity index (χ1) is 15.7. The van der Waals surface area contributed by atoms with Gasteiger partial charge in [0.1, 0.15) is 29.6 Å². The van der Waals surface area contributed by atoms with Crippen LogP contribution in [-0.4, -0.2) is 33.1 Å². The zero-order valence-corrected chi connectivity index (χ0v) is 19.2. The molecule has 0 fully saturated rings. The van der Waals surface area contributed by atoms with Crippen molar-refractivity contribution in [1.82, 2.24) is 15.1 Å². The Morgan fingerprint density at radius 2 is 1.85 bits per heavy atom. The van der Waals surface area contributed by atoms with Crippen LogP contribution in [-0.2, 0) is 11.3 Å². The number of hydrogen-bond acceptors (Lipinski definition) is 6. The van der Waals surface area contributed by atoms with E-state index in [-0.39, 0.29) is 13.2 Å². The highest BCUT2D eigenvalue weighted by Gasteiger charge is 2.18. The predicted molar refractivity (Wildman–Crippen MR) is 123 cm³/mol. The number of aliphatic hydroxyl groups is 1. The number of ether oxygens (including phenoxy) is 2. The summed E-state index contributed by atoms with van der Waals surface area (Å²) >= 11 is 0. The summed E-state index contributed by atoms with van der Waals surface area (Å²) in [5.41, 5.74) is 2.65. The van der Waals surface area contributed by atoms with Gasteiger partial charge in [-0.2, -0.15) is 10.4 Å². The van der Waals surface area contributed by atoms with Crippen LogP contribution in [0.15, 0.2) is 54.6 Å². The molecule has 1 aromatic heterocycles. The summed E-state index contributed by atoms with van der Waals surface area (Å²) < 4.78 is 12.8. The van der Waals surface area contributed by atoms with Gasteiger partial charge in [-0.1, -0.05) is 30.3 Å². The maximum atomic E-state index is 11.8. The first-order valence-electron chi connectivity index (χ1n) is 10.6. The number of para-hydroxylation sites is 1. The molecule has 1 atom stereocenters. The van der Waals surface area contributed by atoms with Gasteiger partial charge in [-0.05, 0) is 57.5 Å². The zero-order valence-electron chi connectivity index (χ0n) is 19.2. The average molecular weight is 449 g/mol. The quantitative estimate of drug-likeness (QED) is 0.561. The largest absolute Gasteiger partial charge is 0.487 e. The SMILES string of the molecule is Cc1nn(-c2ccccc2)c(COc2ccc(C(O)CNC(=O)OC(C)(C)C)cc2)c1C#N. The van der Waals surface area contributed by atoms with Crippen LogP contribution in [0.1, 0.15) is 49.4 Å². The third-order valence-corrected chi connectivity index (χ3v) is 4.75. The first-order valence-corrected chi connectivity index (χ1v) is 10.6. The normalized spacial score (nSPS) is 12.0. The van der Waals surface area contributed by atoms with Crippen molar-refractivity contribution in [3.63, 3.8) is 0 Å². The Kier molecular flexibility index (Phi) is 7.36. The van der Waals surface area contributed by atoms with E-state index in [2.05, 4.69) is 16.5 Å². The van der Waals surface area contributed by atoms with Gasteiger partial charge in [0.2, 0.25) is 0 Å². The van der Waals surface area contributed by atoms with Gasteiger partial charge in [0.25, 0.3) is 0 Å². The molecule has 0 aliphatic rings. The number of nitrogens with one attached hydrogen (secondary N) is 1. The minimum Gasteiger partial charge on any atom is -0.487 e. The third kappa shape index (κ3) is 6.34. The summed E-state index contributed by atoms with van der Waals surface area (Å²) in [5.74, 6) is 0.577. The van der Waals surface area contributed by atoms with E-state index in [1.165, 1.54) is 0 Å². The van der Waals surface area contributed by atoms with Crippen molar-refractivity contribution in [3.05, 3.63) is 77.1 Å². The summed E-state index contributed by atoms with van der Waals surface area (Å²) in [6.45, 7) is 7.29. The molecule has 8 nitrogen and oxygen atoms in total. The highest BCUT2D eigenvalue weighted by molar-refractivity contribution is 5.67. The van der Waals surface area contributed by atoms with Gasteiger partial charge < -0.3 is 19.9 Å². The molecule has 2 aromatic carbocycles. The lowest BCUT2D eigenvalue weighted by Gasteiger charge is -2.20. The van der Waals surface area contributed by atoms with E-state index >= 15 is 0 Å². The Hall–Kier alpha value is -3.83.